The molecule has 0 aliphatic heterocycles. The molecule has 0 unspecified atom stereocenters. The maximum Gasteiger partial charge on any atom is 0.243 e. The molecule has 1 atom stereocenters. The summed E-state index contributed by atoms with van der Waals surface area (Å²) in [4.78, 5) is 36.9. The first-order valence-electron chi connectivity index (χ1n) is 12.2. The molecule has 0 aliphatic carbocycles. The fourth-order valence-electron chi connectivity index (χ4n) is 3.92. The quantitative estimate of drug-likeness (QED) is 0.165. The number of hydroxylamine groups is 1. The summed E-state index contributed by atoms with van der Waals surface area (Å²) in [5.74, 6) is -0.888. The van der Waals surface area contributed by atoms with Crippen LogP contribution in [-0.2, 0) is 27.3 Å². The van der Waals surface area contributed by atoms with E-state index in [-0.39, 0.29) is 24.7 Å². The Morgan fingerprint density at radius 3 is 2.00 bits per heavy atom. The zero-order valence-corrected chi connectivity index (χ0v) is 20.3. The highest BCUT2D eigenvalue weighted by Crippen LogP contribution is 2.19. The van der Waals surface area contributed by atoms with E-state index in [1.54, 1.807) is 5.48 Å². The summed E-state index contributed by atoms with van der Waals surface area (Å²) in [5.41, 5.74) is 5.65. The zero-order valence-electron chi connectivity index (χ0n) is 20.3. The summed E-state index contributed by atoms with van der Waals surface area (Å²) in [6.07, 6.45) is 2.80. The second kappa shape index (κ2) is 14.4. The van der Waals surface area contributed by atoms with Gasteiger partial charge < -0.3 is 10.6 Å². The molecule has 0 radical (unpaired) electrons. The average molecular weight is 488 g/mol. The minimum Gasteiger partial charge on any atom is -0.350 e. The number of unbranched alkanes of at least 4 members (excludes halogenated alkanes) is 2. The van der Waals surface area contributed by atoms with Crippen LogP contribution < -0.4 is 16.1 Å². The van der Waals surface area contributed by atoms with E-state index in [1.165, 1.54) is 0 Å². The number of benzene rings is 3. The number of carbonyl (C=O) groups is 3. The van der Waals surface area contributed by atoms with Gasteiger partial charge in [0.2, 0.25) is 17.7 Å². The zero-order chi connectivity index (χ0) is 25.6. The number of carbonyl (C=O) groups excluding carboxylic acids is 3. The highest BCUT2D eigenvalue weighted by molar-refractivity contribution is 5.88. The summed E-state index contributed by atoms with van der Waals surface area (Å²) < 4.78 is 0. The van der Waals surface area contributed by atoms with Crippen molar-refractivity contribution in [3.05, 3.63) is 96.1 Å². The van der Waals surface area contributed by atoms with E-state index in [2.05, 4.69) is 10.6 Å². The molecule has 3 amide bonds. The van der Waals surface area contributed by atoms with Crippen LogP contribution in [0.15, 0.2) is 84.9 Å². The summed E-state index contributed by atoms with van der Waals surface area (Å²) in [5, 5.41) is 14.4. The minimum atomic E-state index is -0.670. The molecule has 0 bridgehead atoms. The highest BCUT2D eigenvalue weighted by atomic mass is 16.5. The molecule has 3 rings (SSSR count). The first-order valence-corrected chi connectivity index (χ1v) is 12.2. The lowest BCUT2D eigenvalue weighted by Gasteiger charge is -2.19. The van der Waals surface area contributed by atoms with E-state index < -0.39 is 11.9 Å². The molecule has 3 aromatic rings. The van der Waals surface area contributed by atoms with Crippen molar-refractivity contribution in [1.29, 1.82) is 0 Å². The minimum absolute atomic E-state index is 0.175. The van der Waals surface area contributed by atoms with E-state index in [1.807, 2.05) is 84.9 Å². The second-order valence-corrected chi connectivity index (χ2v) is 8.70. The first kappa shape index (κ1) is 26.6. The van der Waals surface area contributed by atoms with Crippen LogP contribution in [0.1, 0.15) is 43.2 Å². The van der Waals surface area contributed by atoms with Gasteiger partial charge in [-0.1, -0.05) is 97.8 Å². The molecule has 0 saturated heterocycles. The monoisotopic (exact) mass is 487 g/mol. The Morgan fingerprint density at radius 1 is 0.694 bits per heavy atom. The van der Waals surface area contributed by atoms with Crippen molar-refractivity contribution in [3.8, 4) is 11.1 Å². The predicted molar refractivity (Wildman–Crippen MR) is 139 cm³/mol. The van der Waals surface area contributed by atoms with Crippen LogP contribution in [0.25, 0.3) is 11.1 Å². The lowest BCUT2D eigenvalue weighted by Crippen LogP contribution is -2.47. The Labute approximate surface area is 211 Å². The van der Waals surface area contributed by atoms with Gasteiger partial charge in [0.25, 0.3) is 0 Å². The summed E-state index contributed by atoms with van der Waals surface area (Å²) >= 11 is 0. The topological polar surface area (TPSA) is 108 Å². The van der Waals surface area contributed by atoms with Crippen LogP contribution in [0.4, 0.5) is 0 Å². The Bertz CT molecular complexity index is 1100. The summed E-state index contributed by atoms with van der Waals surface area (Å²) in [6.45, 7) is 0.379. The van der Waals surface area contributed by atoms with Crippen LogP contribution in [0, 0.1) is 0 Å². The SMILES string of the molecule is O=C(CCCCC[C@H](NC(=O)Cc1ccc(-c2ccccc2)cc1)C(=O)NCc1ccccc1)NO. The van der Waals surface area contributed by atoms with Gasteiger partial charge in [-0.3, -0.25) is 19.6 Å². The van der Waals surface area contributed by atoms with Gasteiger partial charge in [0.05, 0.1) is 6.42 Å². The smallest absolute Gasteiger partial charge is 0.243 e. The maximum atomic E-state index is 12.9. The van der Waals surface area contributed by atoms with Crippen molar-refractivity contribution in [3.63, 3.8) is 0 Å². The number of rotatable bonds is 13. The van der Waals surface area contributed by atoms with E-state index in [0.717, 1.165) is 22.3 Å². The molecule has 0 heterocycles. The fourth-order valence-corrected chi connectivity index (χ4v) is 3.92. The van der Waals surface area contributed by atoms with E-state index >= 15 is 0 Å². The molecule has 0 spiro atoms. The molecular weight excluding hydrogens is 454 g/mol. The number of hydrogen-bond acceptors (Lipinski definition) is 4. The standard InChI is InChI=1S/C29H33N3O4/c33-27(32-36)15-9-3-8-14-26(29(35)30-21-23-10-4-1-5-11-23)31-28(34)20-22-16-18-25(19-17-22)24-12-6-2-7-13-24/h1-2,4-7,10-13,16-19,26,36H,3,8-9,14-15,20-21H2,(H,30,35)(H,31,34)(H,32,33)/t26-/m0/s1. The molecule has 0 saturated carbocycles. The Morgan fingerprint density at radius 2 is 1.33 bits per heavy atom. The Hall–Kier alpha value is -3.97. The van der Waals surface area contributed by atoms with Crippen molar-refractivity contribution in [1.82, 2.24) is 16.1 Å². The van der Waals surface area contributed by atoms with Gasteiger partial charge in [0.15, 0.2) is 0 Å². The van der Waals surface area contributed by atoms with Crippen molar-refractivity contribution in [2.24, 2.45) is 0 Å². The molecule has 0 aliphatic rings. The van der Waals surface area contributed by atoms with Crippen molar-refractivity contribution in [2.45, 2.75) is 51.1 Å². The van der Waals surface area contributed by atoms with Gasteiger partial charge in [-0.15, -0.1) is 0 Å². The number of amides is 3. The van der Waals surface area contributed by atoms with Gasteiger partial charge in [-0.25, -0.2) is 5.48 Å². The van der Waals surface area contributed by atoms with Crippen molar-refractivity contribution < 1.29 is 19.6 Å². The number of nitrogens with one attached hydrogen (secondary N) is 3. The largest absolute Gasteiger partial charge is 0.350 e. The lowest BCUT2D eigenvalue weighted by molar-refractivity contribution is -0.129. The molecule has 0 aromatic heterocycles. The molecule has 36 heavy (non-hydrogen) atoms. The van der Waals surface area contributed by atoms with E-state index in [9.17, 15) is 14.4 Å². The van der Waals surface area contributed by atoms with Crippen molar-refractivity contribution in [2.75, 3.05) is 0 Å². The third kappa shape index (κ3) is 9.00. The van der Waals surface area contributed by atoms with Gasteiger partial charge >= 0.3 is 0 Å². The lowest BCUT2D eigenvalue weighted by atomic mass is 10.0. The van der Waals surface area contributed by atoms with Crippen LogP contribution >= 0.6 is 0 Å². The van der Waals surface area contributed by atoms with Gasteiger partial charge in [0.1, 0.15) is 6.04 Å². The fraction of sp³-hybridized carbons (Fsp3) is 0.276. The van der Waals surface area contributed by atoms with Crippen LogP contribution in [0.5, 0.6) is 0 Å². The van der Waals surface area contributed by atoms with Crippen LogP contribution in [-0.4, -0.2) is 29.0 Å². The molecular formula is C29H33N3O4. The molecule has 7 nitrogen and oxygen atoms in total. The summed E-state index contributed by atoms with van der Waals surface area (Å²) in [6, 6.07) is 26.8. The second-order valence-electron chi connectivity index (χ2n) is 8.70. The highest BCUT2D eigenvalue weighted by Gasteiger charge is 2.20. The summed E-state index contributed by atoms with van der Waals surface area (Å²) in [7, 11) is 0. The van der Waals surface area contributed by atoms with Crippen molar-refractivity contribution >= 4 is 17.7 Å². The molecule has 7 heteroatoms. The third-order valence-electron chi connectivity index (χ3n) is 5.91. The van der Waals surface area contributed by atoms with Gasteiger partial charge in [-0.05, 0) is 35.1 Å². The van der Waals surface area contributed by atoms with Gasteiger partial charge in [-0.2, -0.15) is 0 Å². The van der Waals surface area contributed by atoms with Gasteiger partial charge in [0, 0.05) is 13.0 Å². The van der Waals surface area contributed by atoms with E-state index in [0.29, 0.717) is 32.2 Å². The maximum absolute atomic E-state index is 12.9. The number of hydrogen-bond donors (Lipinski definition) is 4. The molecule has 0 fully saturated rings. The predicted octanol–water partition coefficient (Wildman–Crippen LogP) is 4.15. The molecule has 188 valence electrons. The Kier molecular flexibility index (Phi) is 10.7. The molecule has 3 aromatic carbocycles. The third-order valence-corrected chi connectivity index (χ3v) is 5.91. The van der Waals surface area contributed by atoms with Crippen LogP contribution in [0.2, 0.25) is 0 Å². The normalized spacial score (nSPS) is 11.4. The van der Waals surface area contributed by atoms with E-state index in [4.69, 9.17) is 5.21 Å². The van der Waals surface area contributed by atoms with Crippen LogP contribution in [0.3, 0.4) is 0 Å². The first-order chi connectivity index (χ1) is 17.5. The average Bonchev–Trinajstić information content (AvgIpc) is 2.92. The Balaban J connectivity index is 1.55. The molecule has 4 N–H and O–H groups in total.